The van der Waals surface area contributed by atoms with Crippen molar-refractivity contribution >= 4 is 23.5 Å². The average Bonchev–Trinajstić information content (AvgIpc) is 3.21. The van der Waals surface area contributed by atoms with Crippen LogP contribution in [0.4, 0.5) is 5.69 Å². The number of hydrogen-bond acceptors (Lipinski definition) is 5. The van der Waals surface area contributed by atoms with E-state index in [1.807, 2.05) is 13.8 Å². The first-order valence-electron chi connectivity index (χ1n) is 8.88. The molecule has 0 fully saturated rings. The summed E-state index contributed by atoms with van der Waals surface area (Å²) in [6, 6.07) is 8.81. The Balaban J connectivity index is 2.07. The molecule has 0 bridgehead atoms. The van der Waals surface area contributed by atoms with E-state index in [4.69, 9.17) is 9.15 Å². The number of furan rings is 1. The molecule has 1 aromatic heterocycles. The number of nitrogens with one attached hydrogen (secondary N) is 2. The molecule has 2 N–H and O–H groups in total. The molecule has 0 aliphatic rings. The molecule has 1 aromatic carbocycles. The largest absolute Gasteiger partial charge is 0.462 e. The van der Waals surface area contributed by atoms with E-state index in [0.29, 0.717) is 24.3 Å². The van der Waals surface area contributed by atoms with Crippen molar-refractivity contribution in [3.8, 4) is 0 Å². The average molecular weight is 372 g/mol. The summed E-state index contributed by atoms with van der Waals surface area (Å²) in [5, 5.41) is 5.49. The van der Waals surface area contributed by atoms with Crippen LogP contribution in [0.2, 0.25) is 0 Å². The zero-order chi connectivity index (χ0) is 19.8. The van der Waals surface area contributed by atoms with Gasteiger partial charge in [-0.1, -0.05) is 20.3 Å². The van der Waals surface area contributed by atoms with E-state index in [-0.39, 0.29) is 17.6 Å². The Morgan fingerprint density at radius 3 is 2.37 bits per heavy atom. The molecule has 2 unspecified atom stereocenters. The number of carbonyl (C=O) groups is 3. The van der Waals surface area contributed by atoms with Crippen LogP contribution in [0.1, 0.15) is 48.1 Å². The van der Waals surface area contributed by atoms with E-state index in [1.165, 1.54) is 12.3 Å². The fourth-order valence-electron chi connectivity index (χ4n) is 2.45. The minimum Gasteiger partial charge on any atom is -0.462 e. The monoisotopic (exact) mass is 372 g/mol. The molecule has 27 heavy (non-hydrogen) atoms. The molecule has 1 heterocycles. The minimum atomic E-state index is -0.725. The number of anilines is 1. The second-order valence-electron chi connectivity index (χ2n) is 6.10. The Morgan fingerprint density at radius 1 is 1.11 bits per heavy atom. The van der Waals surface area contributed by atoms with Gasteiger partial charge in [0.15, 0.2) is 5.76 Å². The lowest BCUT2D eigenvalue weighted by Crippen LogP contribution is -2.47. The molecule has 0 saturated heterocycles. The Hall–Kier alpha value is -3.09. The van der Waals surface area contributed by atoms with Crippen LogP contribution >= 0.6 is 0 Å². The summed E-state index contributed by atoms with van der Waals surface area (Å²) >= 11 is 0. The number of benzene rings is 1. The lowest BCUT2D eigenvalue weighted by Gasteiger charge is -2.23. The molecule has 7 heteroatoms. The number of ether oxygens (including phenoxy) is 1. The fraction of sp³-hybridized carbons (Fsp3) is 0.350. The van der Waals surface area contributed by atoms with Crippen molar-refractivity contribution in [1.82, 2.24) is 5.32 Å². The predicted molar refractivity (Wildman–Crippen MR) is 100 cm³/mol. The van der Waals surface area contributed by atoms with Gasteiger partial charge in [0.2, 0.25) is 5.91 Å². The van der Waals surface area contributed by atoms with Gasteiger partial charge >= 0.3 is 5.97 Å². The first-order valence-corrected chi connectivity index (χ1v) is 8.88. The molecule has 144 valence electrons. The van der Waals surface area contributed by atoms with Gasteiger partial charge < -0.3 is 19.8 Å². The van der Waals surface area contributed by atoms with Crippen molar-refractivity contribution in [2.45, 2.75) is 33.2 Å². The molecule has 2 aromatic rings. The van der Waals surface area contributed by atoms with Crippen molar-refractivity contribution < 1.29 is 23.5 Å². The summed E-state index contributed by atoms with van der Waals surface area (Å²) in [7, 11) is 0. The molecule has 2 amide bonds. The van der Waals surface area contributed by atoms with Gasteiger partial charge in [0.25, 0.3) is 5.91 Å². The topological polar surface area (TPSA) is 97.6 Å². The number of carbonyl (C=O) groups excluding carboxylic acids is 3. The van der Waals surface area contributed by atoms with Gasteiger partial charge in [-0.2, -0.15) is 0 Å². The molecule has 0 radical (unpaired) electrons. The van der Waals surface area contributed by atoms with Crippen LogP contribution in [0, 0.1) is 5.92 Å². The van der Waals surface area contributed by atoms with E-state index < -0.39 is 17.9 Å². The predicted octanol–water partition coefficient (Wildman–Crippen LogP) is 3.24. The SMILES string of the molecule is CCOC(=O)c1ccc(NC(=O)C(NC(=O)c2ccco2)C(C)CC)cc1. The van der Waals surface area contributed by atoms with Crippen molar-refractivity contribution in [2.75, 3.05) is 11.9 Å². The molecule has 2 atom stereocenters. The summed E-state index contributed by atoms with van der Waals surface area (Å²) < 4.78 is 10.0. The van der Waals surface area contributed by atoms with Gasteiger partial charge in [0, 0.05) is 5.69 Å². The van der Waals surface area contributed by atoms with Crippen LogP contribution in [0.3, 0.4) is 0 Å². The van der Waals surface area contributed by atoms with Crippen LogP contribution in [-0.4, -0.2) is 30.4 Å². The van der Waals surface area contributed by atoms with E-state index >= 15 is 0 Å². The maximum Gasteiger partial charge on any atom is 0.338 e. The van der Waals surface area contributed by atoms with E-state index in [9.17, 15) is 14.4 Å². The van der Waals surface area contributed by atoms with Gasteiger partial charge in [0.05, 0.1) is 18.4 Å². The Kier molecular flexibility index (Phi) is 7.16. The Labute approximate surface area is 158 Å². The first-order chi connectivity index (χ1) is 13.0. The van der Waals surface area contributed by atoms with E-state index in [1.54, 1.807) is 37.3 Å². The van der Waals surface area contributed by atoms with Gasteiger partial charge in [-0.3, -0.25) is 9.59 Å². The highest BCUT2D eigenvalue weighted by Gasteiger charge is 2.27. The molecule has 0 saturated carbocycles. The van der Waals surface area contributed by atoms with E-state index in [2.05, 4.69) is 10.6 Å². The lowest BCUT2D eigenvalue weighted by molar-refractivity contribution is -0.119. The molecule has 0 aliphatic carbocycles. The van der Waals surface area contributed by atoms with Crippen molar-refractivity contribution in [2.24, 2.45) is 5.92 Å². The zero-order valence-corrected chi connectivity index (χ0v) is 15.7. The van der Waals surface area contributed by atoms with E-state index in [0.717, 1.165) is 0 Å². The van der Waals surface area contributed by atoms with Crippen LogP contribution in [-0.2, 0) is 9.53 Å². The van der Waals surface area contributed by atoms with Crippen LogP contribution in [0.15, 0.2) is 47.1 Å². The number of esters is 1. The Bertz CT molecular complexity index is 768. The highest BCUT2D eigenvalue weighted by Crippen LogP contribution is 2.15. The Morgan fingerprint density at radius 2 is 1.81 bits per heavy atom. The molecular formula is C20H24N2O5. The van der Waals surface area contributed by atoms with Crippen LogP contribution < -0.4 is 10.6 Å². The quantitative estimate of drug-likeness (QED) is 0.693. The third kappa shape index (κ3) is 5.44. The molecule has 2 rings (SSSR count). The summed E-state index contributed by atoms with van der Waals surface area (Å²) in [6.07, 6.45) is 2.11. The second kappa shape index (κ2) is 9.56. The summed E-state index contributed by atoms with van der Waals surface area (Å²) in [6.45, 7) is 5.86. The minimum absolute atomic E-state index is 0.0808. The van der Waals surface area contributed by atoms with Gasteiger partial charge in [-0.25, -0.2) is 4.79 Å². The standard InChI is InChI=1S/C20H24N2O5/c1-4-13(3)17(22-18(23)16-7-6-12-27-16)19(24)21-15-10-8-14(9-11-15)20(25)26-5-2/h6-13,17H,4-5H2,1-3H3,(H,21,24)(H,22,23). The maximum atomic E-state index is 12.7. The highest BCUT2D eigenvalue weighted by atomic mass is 16.5. The third-order valence-corrected chi connectivity index (χ3v) is 4.19. The van der Waals surface area contributed by atoms with Crippen LogP contribution in [0.25, 0.3) is 0 Å². The number of amides is 2. The molecule has 7 nitrogen and oxygen atoms in total. The second-order valence-corrected chi connectivity index (χ2v) is 6.10. The summed E-state index contributed by atoms with van der Waals surface area (Å²) in [4.78, 5) is 36.6. The number of hydrogen-bond donors (Lipinski definition) is 2. The van der Waals surface area contributed by atoms with Crippen LogP contribution in [0.5, 0.6) is 0 Å². The molecule has 0 aliphatic heterocycles. The number of rotatable bonds is 8. The summed E-state index contributed by atoms with van der Waals surface area (Å²) in [5.74, 6) is -1.14. The highest BCUT2D eigenvalue weighted by molar-refractivity contribution is 6.00. The third-order valence-electron chi connectivity index (χ3n) is 4.19. The summed E-state index contributed by atoms with van der Waals surface area (Å²) in [5.41, 5.74) is 0.924. The maximum absolute atomic E-state index is 12.7. The lowest BCUT2D eigenvalue weighted by atomic mass is 9.98. The fourth-order valence-corrected chi connectivity index (χ4v) is 2.45. The van der Waals surface area contributed by atoms with Crippen molar-refractivity contribution in [3.05, 3.63) is 54.0 Å². The molecular weight excluding hydrogens is 348 g/mol. The van der Waals surface area contributed by atoms with Crippen molar-refractivity contribution in [3.63, 3.8) is 0 Å². The van der Waals surface area contributed by atoms with Gasteiger partial charge in [0.1, 0.15) is 6.04 Å². The first kappa shape index (κ1) is 20.2. The molecule has 0 spiro atoms. The van der Waals surface area contributed by atoms with Gasteiger partial charge in [-0.05, 0) is 49.2 Å². The normalized spacial score (nSPS) is 12.7. The van der Waals surface area contributed by atoms with Gasteiger partial charge in [-0.15, -0.1) is 0 Å². The zero-order valence-electron chi connectivity index (χ0n) is 15.7. The smallest absolute Gasteiger partial charge is 0.338 e. The van der Waals surface area contributed by atoms with Crippen molar-refractivity contribution in [1.29, 1.82) is 0 Å².